The highest BCUT2D eigenvalue weighted by Crippen LogP contribution is 2.48. The van der Waals surface area contributed by atoms with E-state index in [9.17, 15) is 0 Å². The quantitative estimate of drug-likeness (QED) is 0.528. The summed E-state index contributed by atoms with van der Waals surface area (Å²) in [6.07, 6.45) is 7.14. The van der Waals surface area contributed by atoms with E-state index in [-0.39, 0.29) is 0 Å². The summed E-state index contributed by atoms with van der Waals surface area (Å²) < 4.78 is 0. The van der Waals surface area contributed by atoms with E-state index in [0.29, 0.717) is 0 Å². The number of rotatable bonds is 7. The molecule has 0 saturated heterocycles. The largest absolute Gasteiger partial charge is 0.0651 e. The third-order valence-electron chi connectivity index (χ3n) is 5.89. The molecule has 0 aromatic heterocycles. The van der Waals surface area contributed by atoms with Gasteiger partial charge in [-0.3, -0.25) is 0 Å². The molecule has 0 spiro atoms. The molecular weight excluding hydrogens is 204 g/mol. The van der Waals surface area contributed by atoms with E-state index in [1.165, 1.54) is 32.1 Å². The zero-order valence-corrected chi connectivity index (χ0v) is 13.0. The standard InChI is InChI=1S/C17H34/c1-7-16(8-2)11-12(3)9-10-17-14(5)13(4)15(17)6/h12-17H,7-11H2,1-6H3. The predicted octanol–water partition coefficient (Wildman–Crippen LogP) is 5.77. The zero-order valence-electron chi connectivity index (χ0n) is 13.0. The first-order chi connectivity index (χ1) is 8.01. The second-order valence-electron chi connectivity index (χ2n) is 6.84. The second-order valence-corrected chi connectivity index (χ2v) is 6.84. The molecule has 1 rings (SSSR count). The highest BCUT2D eigenvalue weighted by molar-refractivity contribution is 4.89. The molecule has 3 unspecified atom stereocenters. The average Bonchev–Trinajstić information content (AvgIpc) is 2.35. The lowest BCUT2D eigenvalue weighted by atomic mass is 9.57. The van der Waals surface area contributed by atoms with E-state index < -0.39 is 0 Å². The van der Waals surface area contributed by atoms with Crippen LogP contribution in [0.3, 0.4) is 0 Å². The highest BCUT2D eigenvalue weighted by Gasteiger charge is 2.41. The van der Waals surface area contributed by atoms with E-state index in [4.69, 9.17) is 0 Å². The maximum absolute atomic E-state index is 2.47. The molecule has 3 atom stereocenters. The lowest BCUT2D eigenvalue weighted by Crippen LogP contribution is -2.42. The highest BCUT2D eigenvalue weighted by atomic mass is 14.5. The van der Waals surface area contributed by atoms with Gasteiger partial charge in [-0.05, 0) is 48.3 Å². The molecule has 0 nitrogen and oxygen atoms in total. The van der Waals surface area contributed by atoms with Crippen LogP contribution in [0.4, 0.5) is 0 Å². The van der Waals surface area contributed by atoms with E-state index in [1.54, 1.807) is 0 Å². The average molecular weight is 238 g/mol. The molecule has 0 aromatic carbocycles. The van der Waals surface area contributed by atoms with Gasteiger partial charge in [0.1, 0.15) is 0 Å². The van der Waals surface area contributed by atoms with Crippen LogP contribution < -0.4 is 0 Å². The second kappa shape index (κ2) is 6.81. The Labute approximate surface area is 110 Å². The first-order valence-electron chi connectivity index (χ1n) is 8.01. The lowest BCUT2D eigenvalue weighted by Gasteiger charge is -2.48. The molecule has 1 aliphatic rings. The summed E-state index contributed by atoms with van der Waals surface area (Å²) in [6, 6.07) is 0. The Hall–Kier alpha value is 0. The summed E-state index contributed by atoms with van der Waals surface area (Å²) in [7, 11) is 0. The van der Waals surface area contributed by atoms with Crippen molar-refractivity contribution in [2.24, 2.45) is 35.5 Å². The van der Waals surface area contributed by atoms with Gasteiger partial charge in [0, 0.05) is 0 Å². The van der Waals surface area contributed by atoms with E-state index in [0.717, 1.165) is 35.5 Å². The van der Waals surface area contributed by atoms with Gasteiger partial charge in [0.2, 0.25) is 0 Å². The van der Waals surface area contributed by atoms with Crippen molar-refractivity contribution in [3.05, 3.63) is 0 Å². The summed E-state index contributed by atoms with van der Waals surface area (Å²) in [5.41, 5.74) is 0. The molecule has 1 fully saturated rings. The summed E-state index contributed by atoms with van der Waals surface area (Å²) in [5.74, 6) is 5.86. The fourth-order valence-electron chi connectivity index (χ4n) is 3.90. The Balaban J connectivity index is 2.22. The van der Waals surface area contributed by atoms with Crippen LogP contribution in [0.2, 0.25) is 0 Å². The van der Waals surface area contributed by atoms with Crippen LogP contribution in [0.5, 0.6) is 0 Å². The molecule has 1 aliphatic carbocycles. The van der Waals surface area contributed by atoms with Gasteiger partial charge in [-0.2, -0.15) is 0 Å². The van der Waals surface area contributed by atoms with Crippen LogP contribution in [0, 0.1) is 35.5 Å². The molecule has 0 bridgehead atoms. The Bertz CT molecular complexity index is 194. The third-order valence-corrected chi connectivity index (χ3v) is 5.89. The van der Waals surface area contributed by atoms with Gasteiger partial charge >= 0.3 is 0 Å². The zero-order chi connectivity index (χ0) is 13.0. The summed E-state index contributed by atoms with van der Waals surface area (Å²) in [6.45, 7) is 14.5. The van der Waals surface area contributed by atoms with Gasteiger partial charge in [-0.1, -0.05) is 60.8 Å². The molecule has 17 heavy (non-hydrogen) atoms. The van der Waals surface area contributed by atoms with Crippen LogP contribution in [-0.2, 0) is 0 Å². The van der Waals surface area contributed by atoms with Crippen molar-refractivity contribution in [3.8, 4) is 0 Å². The van der Waals surface area contributed by atoms with Crippen molar-refractivity contribution in [3.63, 3.8) is 0 Å². The topological polar surface area (TPSA) is 0 Å². The molecule has 0 aromatic rings. The van der Waals surface area contributed by atoms with Crippen LogP contribution in [0.25, 0.3) is 0 Å². The predicted molar refractivity (Wildman–Crippen MR) is 78.1 cm³/mol. The van der Waals surface area contributed by atoms with Crippen molar-refractivity contribution >= 4 is 0 Å². The monoisotopic (exact) mass is 238 g/mol. The molecule has 0 radical (unpaired) electrons. The van der Waals surface area contributed by atoms with Crippen LogP contribution in [0.1, 0.15) is 73.6 Å². The van der Waals surface area contributed by atoms with Crippen LogP contribution >= 0.6 is 0 Å². The van der Waals surface area contributed by atoms with Crippen LogP contribution in [0.15, 0.2) is 0 Å². The molecule has 1 saturated carbocycles. The maximum Gasteiger partial charge on any atom is -0.0357 e. The molecule has 0 N–H and O–H groups in total. The Morgan fingerprint density at radius 3 is 1.88 bits per heavy atom. The van der Waals surface area contributed by atoms with E-state index in [1.807, 2.05) is 0 Å². The summed E-state index contributed by atoms with van der Waals surface area (Å²) >= 11 is 0. The first kappa shape index (κ1) is 15.1. The molecule has 0 aliphatic heterocycles. The van der Waals surface area contributed by atoms with E-state index >= 15 is 0 Å². The van der Waals surface area contributed by atoms with Crippen molar-refractivity contribution in [2.75, 3.05) is 0 Å². The Kier molecular flexibility index (Phi) is 6.03. The first-order valence-corrected chi connectivity index (χ1v) is 8.01. The maximum atomic E-state index is 2.47. The lowest BCUT2D eigenvalue weighted by molar-refractivity contribution is 0.00520. The van der Waals surface area contributed by atoms with Gasteiger partial charge in [-0.25, -0.2) is 0 Å². The van der Waals surface area contributed by atoms with Crippen molar-refractivity contribution in [1.29, 1.82) is 0 Å². The summed E-state index contributed by atoms with van der Waals surface area (Å²) in [5, 5.41) is 0. The smallest absolute Gasteiger partial charge is 0.0357 e. The SMILES string of the molecule is CCC(CC)CC(C)CCC1C(C)C(C)C1C. The van der Waals surface area contributed by atoms with Crippen molar-refractivity contribution < 1.29 is 0 Å². The van der Waals surface area contributed by atoms with Gasteiger partial charge in [0.25, 0.3) is 0 Å². The fraction of sp³-hybridized carbons (Fsp3) is 1.00. The molecule has 0 amide bonds. The normalized spacial score (nSPS) is 34.8. The van der Waals surface area contributed by atoms with E-state index in [2.05, 4.69) is 41.5 Å². The number of hydrogen-bond donors (Lipinski definition) is 0. The number of hydrogen-bond acceptors (Lipinski definition) is 0. The molecular formula is C17H34. The molecule has 102 valence electrons. The summed E-state index contributed by atoms with van der Waals surface area (Å²) in [4.78, 5) is 0. The molecule has 0 heteroatoms. The minimum absolute atomic E-state index is 0.940. The Morgan fingerprint density at radius 2 is 1.41 bits per heavy atom. The van der Waals surface area contributed by atoms with Gasteiger partial charge in [0.05, 0.1) is 0 Å². The Morgan fingerprint density at radius 1 is 0.882 bits per heavy atom. The van der Waals surface area contributed by atoms with Gasteiger partial charge in [-0.15, -0.1) is 0 Å². The van der Waals surface area contributed by atoms with Gasteiger partial charge < -0.3 is 0 Å². The van der Waals surface area contributed by atoms with Crippen LogP contribution in [-0.4, -0.2) is 0 Å². The van der Waals surface area contributed by atoms with Crippen molar-refractivity contribution in [1.82, 2.24) is 0 Å². The minimum Gasteiger partial charge on any atom is -0.0651 e. The molecule has 0 heterocycles. The fourth-order valence-corrected chi connectivity index (χ4v) is 3.90. The minimum atomic E-state index is 0.940. The van der Waals surface area contributed by atoms with Crippen molar-refractivity contribution in [2.45, 2.75) is 73.6 Å². The third kappa shape index (κ3) is 3.73. The van der Waals surface area contributed by atoms with Gasteiger partial charge in [0.15, 0.2) is 0 Å².